The highest BCUT2D eigenvalue weighted by molar-refractivity contribution is 7.99. The van der Waals surface area contributed by atoms with E-state index in [0.717, 1.165) is 12.5 Å². The fourth-order valence-electron chi connectivity index (χ4n) is 1.24. The Hall–Kier alpha value is -0.610. The summed E-state index contributed by atoms with van der Waals surface area (Å²) in [5, 5.41) is 10.2. The Balaban J connectivity index is 2.66. The van der Waals surface area contributed by atoms with Crippen molar-refractivity contribution in [3.8, 4) is 0 Å². The number of thioether (sulfide) groups is 1. The topological polar surface area (TPSA) is 20.2 Å². The van der Waals surface area contributed by atoms with Crippen LogP contribution in [0.2, 0.25) is 0 Å². The van der Waals surface area contributed by atoms with E-state index in [9.17, 15) is 13.9 Å². The van der Waals surface area contributed by atoms with Gasteiger partial charge in [-0.15, -0.1) is 0 Å². The number of rotatable bonds is 5. The zero-order valence-corrected chi connectivity index (χ0v) is 10.2. The lowest BCUT2D eigenvalue weighted by Gasteiger charge is -2.14. The van der Waals surface area contributed by atoms with E-state index in [-0.39, 0.29) is 5.56 Å². The Morgan fingerprint density at radius 3 is 2.69 bits per heavy atom. The molecule has 0 heterocycles. The number of aliphatic hydroxyl groups excluding tert-OH is 1. The van der Waals surface area contributed by atoms with Gasteiger partial charge in [0.15, 0.2) is 11.6 Å². The second-order valence-corrected chi connectivity index (χ2v) is 5.18. The minimum atomic E-state index is -0.949. The van der Waals surface area contributed by atoms with Crippen molar-refractivity contribution in [2.24, 2.45) is 0 Å². The van der Waals surface area contributed by atoms with Crippen LogP contribution in [0.4, 0.5) is 8.78 Å². The summed E-state index contributed by atoms with van der Waals surface area (Å²) in [5.41, 5.74) is 0.0378. The van der Waals surface area contributed by atoms with Gasteiger partial charge < -0.3 is 5.11 Å². The van der Waals surface area contributed by atoms with Crippen LogP contribution in [0.3, 0.4) is 0 Å². The third-order valence-corrected chi connectivity index (χ3v) is 3.86. The van der Waals surface area contributed by atoms with E-state index in [2.05, 4.69) is 0 Å². The van der Waals surface area contributed by atoms with Crippen molar-refractivity contribution in [2.45, 2.75) is 31.6 Å². The maximum absolute atomic E-state index is 13.3. The molecule has 0 fully saturated rings. The van der Waals surface area contributed by atoms with Crippen molar-refractivity contribution < 1.29 is 13.9 Å². The summed E-state index contributed by atoms with van der Waals surface area (Å²) >= 11 is 1.55. The maximum Gasteiger partial charge on any atom is 0.164 e. The molecule has 0 aromatic heterocycles. The number of aliphatic hydroxyl groups is 1. The van der Waals surface area contributed by atoms with Gasteiger partial charge in [-0.05, 0) is 12.5 Å². The van der Waals surface area contributed by atoms with E-state index in [4.69, 9.17) is 0 Å². The Kier molecular flexibility index (Phi) is 5.22. The van der Waals surface area contributed by atoms with Crippen LogP contribution in [0.25, 0.3) is 0 Å². The Bertz CT molecular complexity index is 344. The van der Waals surface area contributed by atoms with Crippen LogP contribution >= 0.6 is 11.8 Å². The summed E-state index contributed by atoms with van der Waals surface area (Å²) < 4.78 is 26.2. The fourth-order valence-corrected chi connectivity index (χ4v) is 2.17. The van der Waals surface area contributed by atoms with Crippen molar-refractivity contribution in [3.05, 3.63) is 35.4 Å². The molecular weight excluding hydrogens is 230 g/mol. The van der Waals surface area contributed by atoms with Gasteiger partial charge in [0, 0.05) is 16.6 Å². The van der Waals surface area contributed by atoms with Gasteiger partial charge in [-0.1, -0.05) is 26.0 Å². The smallest absolute Gasteiger partial charge is 0.164 e. The third-order valence-electron chi connectivity index (χ3n) is 2.45. The summed E-state index contributed by atoms with van der Waals surface area (Å²) in [5.74, 6) is -1.47. The molecule has 0 aliphatic carbocycles. The quantitative estimate of drug-likeness (QED) is 0.857. The van der Waals surface area contributed by atoms with Gasteiger partial charge in [-0.2, -0.15) is 11.8 Å². The minimum absolute atomic E-state index is 0.0378. The molecule has 1 nitrogen and oxygen atoms in total. The molecule has 1 aromatic rings. The first-order chi connectivity index (χ1) is 7.56. The van der Waals surface area contributed by atoms with Gasteiger partial charge in [0.1, 0.15) is 0 Å². The van der Waals surface area contributed by atoms with Crippen molar-refractivity contribution in [2.75, 3.05) is 5.75 Å². The summed E-state index contributed by atoms with van der Waals surface area (Å²) in [6.07, 6.45) is 0.0398. The molecule has 0 amide bonds. The van der Waals surface area contributed by atoms with E-state index in [1.807, 2.05) is 13.8 Å². The van der Waals surface area contributed by atoms with Crippen molar-refractivity contribution in [1.82, 2.24) is 0 Å². The maximum atomic E-state index is 13.3. The number of hydrogen-bond acceptors (Lipinski definition) is 2. The van der Waals surface area contributed by atoms with Gasteiger partial charge in [0.25, 0.3) is 0 Å². The predicted molar refractivity (Wildman–Crippen MR) is 63.5 cm³/mol. The molecule has 16 heavy (non-hydrogen) atoms. The van der Waals surface area contributed by atoms with Gasteiger partial charge >= 0.3 is 0 Å². The fraction of sp³-hybridized carbons (Fsp3) is 0.500. The van der Waals surface area contributed by atoms with Crippen LogP contribution in [0.15, 0.2) is 18.2 Å². The normalized spacial score (nSPS) is 14.8. The van der Waals surface area contributed by atoms with E-state index in [0.29, 0.717) is 11.0 Å². The molecular formula is C12H16F2OS. The molecule has 0 spiro atoms. The molecule has 1 rings (SSSR count). The third kappa shape index (κ3) is 3.46. The highest BCUT2D eigenvalue weighted by Crippen LogP contribution is 2.25. The number of hydrogen-bond donors (Lipinski definition) is 1. The average Bonchev–Trinajstić information content (AvgIpc) is 2.29. The van der Waals surface area contributed by atoms with Crippen LogP contribution in [-0.2, 0) is 0 Å². The second-order valence-electron chi connectivity index (χ2n) is 3.71. The summed E-state index contributed by atoms with van der Waals surface area (Å²) in [7, 11) is 0. The largest absolute Gasteiger partial charge is 0.387 e. The first-order valence-corrected chi connectivity index (χ1v) is 6.34. The molecule has 2 unspecified atom stereocenters. The zero-order chi connectivity index (χ0) is 12.1. The monoisotopic (exact) mass is 246 g/mol. The van der Waals surface area contributed by atoms with Crippen LogP contribution < -0.4 is 0 Å². The molecule has 0 aliphatic heterocycles. The molecule has 0 aliphatic rings. The molecule has 4 heteroatoms. The second kappa shape index (κ2) is 6.21. The molecule has 0 radical (unpaired) electrons. The lowest BCUT2D eigenvalue weighted by Crippen LogP contribution is -2.07. The number of halogens is 2. The van der Waals surface area contributed by atoms with Crippen molar-refractivity contribution in [1.29, 1.82) is 0 Å². The number of benzene rings is 1. The summed E-state index contributed by atoms with van der Waals surface area (Å²) in [6.45, 7) is 4.09. The van der Waals surface area contributed by atoms with Gasteiger partial charge in [0.05, 0.1) is 6.10 Å². The molecule has 0 bridgehead atoms. The lowest BCUT2D eigenvalue weighted by atomic mass is 10.1. The molecule has 90 valence electrons. The first-order valence-electron chi connectivity index (χ1n) is 5.29. The highest BCUT2D eigenvalue weighted by atomic mass is 32.2. The zero-order valence-electron chi connectivity index (χ0n) is 9.41. The van der Waals surface area contributed by atoms with Gasteiger partial charge in [-0.25, -0.2) is 8.78 Å². The van der Waals surface area contributed by atoms with E-state index in [1.165, 1.54) is 12.1 Å². The Labute approximate surface area is 98.9 Å². The highest BCUT2D eigenvalue weighted by Gasteiger charge is 2.16. The standard InChI is InChI=1S/C12H16F2OS/c1-3-8(2)16-7-11(15)9-5-4-6-10(13)12(9)14/h4-6,8,11,15H,3,7H2,1-2H3. The van der Waals surface area contributed by atoms with Gasteiger partial charge in [-0.3, -0.25) is 0 Å². The molecule has 1 aromatic carbocycles. The molecule has 1 N–H and O–H groups in total. The molecule has 0 saturated carbocycles. The molecule has 0 saturated heterocycles. The van der Waals surface area contributed by atoms with Gasteiger partial charge in [0.2, 0.25) is 0 Å². The summed E-state index contributed by atoms with van der Waals surface area (Å²) in [4.78, 5) is 0. The van der Waals surface area contributed by atoms with Crippen LogP contribution in [0, 0.1) is 11.6 Å². The average molecular weight is 246 g/mol. The molecule has 2 atom stereocenters. The van der Waals surface area contributed by atoms with E-state index >= 15 is 0 Å². The van der Waals surface area contributed by atoms with Crippen molar-refractivity contribution in [3.63, 3.8) is 0 Å². The summed E-state index contributed by atoms with van der Waals surface area (Å²) in [6, 6.07) is 3.87. The SMILES string of the molecule is CCC(C)SCC(O)c1cccc(F)c1F. The predicted octanol–water partition coefficient (Wildman–Crippen LogP) is 3.53. The minimum Gasteiger partial charge on any atom is -0.387 e. The van der Waals surface area contributed by atoms with Crippen LogP contribution in [0.1, 0.15) is 31.9 Å². The van der Waals surface area contributed by atoms with Crippen LogP contribution in [-0.4, -0.2) is 16.1 Å². The Morgan fingerprint density at radius 1 is 1.38 bits per heavy atom. The Morgan fingerprint density at radius 2 is 2.06 bits per heavy atom. The van der Waals surface area contributed by atoms with E-state index in [1.54, 1.807) is 11.8 Å². The first kappa shape index (κ1) is 13.5. The van der Waals surface area contributed by atoms with Crippen molar-refractivity contribution >= 4 is 11.8 Å². The van der Waals surface area contributed by atoms with Crippen LogP contribution in [0.5, 0.6) is 0 Å². The van der Waals surface area contributed by atoms with E-state index < -0.39 is 17.7 Å². The lowest BCUT2D eigenvalue weighted by molar-refractivity contribution is 0.197.